The van der Waals surface area contributed by atoms with E-state index in [9.17, 15) is 4.79 Å². The maximum Gasteiger partial charge on any atom is 0.355 e. The first-order valence-corrected chi connectivity index (χ1v) is 4.32. The second-order valence-corrected chi connectivity index (χ2v) is 3.03. The van der Waals surface area contributed by atoms with Gasteiger partial charge in [0.05, 0.1) is 11.1 Å². The Morgan fingerprint density at radius 3 is 2.80 bits per heavy atom. The van der Waals surface area contributed by atoms with E-state index in [1.807, 2.05) is 12.1 Å². The molecule has 1 heterocycles. The third kappa shape index (κ3) is 1.53. The number of aromatic nitrogens is 1. The predicted molar refractivity (Wildman–Crippen MR) is 56.6 cm³/mol. The zero-order valence-corrected chi connectivity index (χ0v) is 7.77. The summed E-state index contributed by atoms with van der Waals surface area (Å²) >= 11 is 0. The number of carboxylic acid groups (broad SMARTS) is 1. The normalized spacial score (nSPS) is 9.80. The fourth-order valence-electron chi connectivity index (χ4n) is 1.39. The molecule has 0 amide bonds. The number of para-hydroxylation sites is 1. The molecule has 0 atom stereocenters. The Morgan fingerprint density at radius 1 is 1.40 bits per heavy atom. The van der Waals surface area contributed by atoms with Crippen molar-refractivity contribution >= 4 is 16.9 Å². The van der Waals surface area contributed by atoms with E-state index in [1.54, 1.807) is 18.2 Å². The van der Waals surface area contributed by atoms with Crippen LogP contribution in [0.25, 0.3) is 10.9 Å². The molecule has 0 fully saturated rings. The van der Waals surface area contributed by atoms with Crippen LogP contribution < -0.4 is 0 Å². The SMILES string of the molecule is C#Cc1cc2ccccc2nc1C(=O)O. The number of rotatable bonds is 1. The molecule has 15 heavy (non-hydrogen) atoms. The van der Waals surface area contributed by atoms with Crippen molar-refractivity contribution in [1.82, 2.24) is 4.98 Å². The van der Waals surface area contributed by atoms with Gasteiger partial charge in [-0.3, -0.25) is 0 Å². The average Bonchev–Trinajstić information content (AvgIpc) is 2.27. The van der Waals surface area contributed by atoms with Gasteiger partial charge < -0.3 is 5.11 Å². The van der Waals surface area contributed by atoms with E-state index in [2.05, 4.69) is 10.9 Å². The van der Waals surface area contributed by atoms with Crippen molar-refractivity contribution in [3.8, 4) is 12.3 Å². The van der Waals surface area contributed by atoms with Crippen molar-refractivity contribution in [3.63, 3.8) is 0 Å². The highest BCUT2D eigenvalue weighted by Gasteiger charge is 2.11. The van der Waals surface area contributed by atoms with Crippen molar-refractivity contribution in [1.29, 1.82) is 0 Å². The van der Waals surface area contributed by atoms with Crippen molar-refractivity contribution < 1.29 is 9.90 Å². The molecule has 1 aromatic heterocycles. The second kappa shape index (κ2) is 3.43. The highest BCUT2D eigenvalue weighted by atomic mass is 16.4. The molecule has 0 unspecified atom stereocenters. The largest absolute Gasteiger partial charge is 0.476 e. The van der Waals surface area contributed by atoms with Crippen molar-refractivity contribution in [3.05, 3.63) is 41.6 Å². The highest BCUT2D eigenvalue weighted by molar-refractivity contribution is 5.93. The monoisotopic (exact) mass is 197 g/mol. The maximum absolute atomic E-state index is 10.9. The Kier molecular flexibility index (Phi) is 2.11. The number of fused-ring (bicyclic) bond motifs is 1. The van der Waals surface area contributed by atoms with Gasteiger partial charge in [0.25, 0.3) is 0 Å². The molecular formula is C12H7NO2. The van der Waals surface area contributed by atoms with Gasteiger partial charge in [-0.25, -0.2) is 9.78 Å². The van der Waals surface area contributed by atoms with Gasteiger partial charge in [0.2, 0.25) is 0 Å². The second-order valence-electron chi connectivity index (χ2n) is 3.03. The van der Waals surface area contributed by atoms with E-state index in [0.717, 1.165) is 5.39 Å². The number of carbonyl (C=O) groups is 1. The molecule has 1 aromatic carbocycles. The molecule has 2 aromatic rings. The smallest absolute Gasteiger partial charge is 0.355 e. The van der Waals surface area contributed by atoms with Gasteiger partial charge in [-0.15, -0.1) is 6.42 Å². The molecular weight excluding hydrogens is 190 g/mol. The summed E-state index contributed by atoms with van der Waals surface area (Å²) in [4.78, 5) is 14.9. The topological polar surface area (TPSA) is 50.2 Å². The number of aromatic carboxylic acids is 1. The summed E-state index contributed by atoms with van der Waals surface area (Å²) in [5.41, 5.74) is 0.867. The third-order valence-electron chi connectivity index (χ3n) is 2.08. The Bertz CT molecular complexity index is 582. The summed E-state index contributed by atoms with van der Waals surface area (Å²) in [6.07, 6.45) is 5.23. The van der Waals surface area contributed by atoms with Gasteiger partial charge in [-0.1, -0.05) is 24.1 Å². The van der Waals surface area contributed by atoms with Gasteiger partial charge in [-0.2, -0.15) is 0 Å². The summed E-state index contributed by atoms with van der Waals surface area (Å²) in [6, 6.07) is 8.91. The number of nitrogens with zero attached hydrogens (tertiary/aromatic N) is 1. The minimum atomic E-state index is -1.10. The van der Waals surface area contributed by atoms with E-state index in [1.165, 1.54) is 0 Å². The summed E-state index contributed by atoms with van der Waals surface area (Å²) in [7, 11) is 0. The molecule has 0 saturated heterocycles. The molecule has 0 saturated carbocycles. The van der Waals surface area contributed by atoms with Crippen LogP contribution in [-0.2, 0) is 0 Å². The van der Waals surface area contributed by atoms with Crippen molar-refractivity contribution in [2.75, 3.05) is 0 Å². The van der Waals surface area contributed by atoms with Crippen molar-refractivity contribution in [2.45, 2.75) is 0 Å². The third-order valence-corrected chi connectivity index (χ3v) is 2.08. The first-order valence-electron chi connectivity index (χ1n) is 4.32. The van der Waals surface area contributed by atoms with Gasteiger partial charge in [0.15, 0.2) is 5.69 Å². The molecule has 72 valence electrons. The molecule has 0 aliphatic heterocycles. The number of pyridine rings is 1. The highest BCUT2D eigenvalue weighted by Crippen LogP contribution is 2.15. The first-order chi connectivity index (χ1) is 7.22. The zero-order valence-electron chi connectivity index (χ0n) is 7.77. The van der Waals surface area contributed by atoms with Crippen LogP contribution in [0.15, 0.2) is 30.3 Å². The lowest BCUT2D eigenvalue weighted by Gasteiger charge is -2.01. The average molecular weight is 197 g/mol. The number of carboxylic acids is 1. The molecule has 0 bridgehead atoms. The van der Waals surface area contributed by atoms with E-state index in [4.69, 9.17) is 11.5 Å². The molecule has 3 heteroatoms. The molecule has 0 aliphatic rings. The molecule has 0 spiro atoms. The van der Waals surface area contributed by atoms with Crippen LogP contribution in [0.4, 0.5) is 0 Å². The lowest BCUT2D eigenvalue weighted by Crippen LogP contribution is -2.03. The van der Waals surface area contributed by atoms with E-state index >= 15 is 0 Å². The molecule has 0 radical (unpaired) electrons. The Balaban J connectivity index is 2.82. The summed E-state index contributed by atoms with van der Waals surface area (Å²) in [5, 5.41) is 9.74. The van der Waals surface area contributed by atoms with Crippen LogP contribution in [0, 0.1) is 12.3 Å². The summed E-state index contributed by atoms with van der Waals surface area (Å²) < 4.78 is 0. The van der Waals surface area contributed by atoms with Crippen molar-refractivity contribution in [2.24, 2.45) is 0 Å². The Hall–Kier alpha value is -2.34. The van der Waals surface area contributed by atoms with Gasteiger partial charge in [0.1, 0.15) is 0 Å². The number of terminal acetylenes is 1. The number of hydrogen-bond acceptors (Lipinski definition) is 2. The van der Waals surface area contributed by atoms with Crippen LogP contribution >= 0.6 is 0 Å². The van der Waals surface area contributed by atoms with Crippen LogP contribution in [0.5, 0.6) is 0 Å². The minimum Gasteiger partial charge on any atom is -0.476 e. The summed E-state index contributed by atoms with van der Waals surface area (Å²) in [6.45, 7) is 0. The Morgan fingerprint density at radius 2 is 2.13 bits per heavy atom. The van der Waals surface area contributed by atoms with Gasteiger partial charge in [0, 0.05) is 5.39 Å². The summed E-state index contributed by atoms with van der Waals surface area (Å²) in [5.74, 6) is 1.22. The Labute approximate surface area is 86.4 Å². The minimum absolute atomic E-state index is 0.0730. The molecule has 0 aliphatic carbocycles. The van der Waals surface area contributed by atoms with Crippen LogP contribution in [0.1, 0.15) is 16.1 Å². The zero-order chi connectivity index (χ0) is 10.8. The predicted octanol–water partition coefficient (Wildman–Crippen LogP) is 1.91. The van der Waals surface area contributed by atoms with Gasteiger partial charge in [-0.05, 0) is 12.1 Å². The maximum atomic E-state index is 10.9. The van der Waals surface area contributed by atoms with Crippen LogP contribution in [0.2, 0.25) is 0 Å². The number of benzene rings is 1. The number of hydrogen-bond donors (Lipinski definition) is 1. The van der Waals surface area contributed by atoms with E-state index in [0.29, 0.717) is 11.1 Å². The first kappa shape index (κ1) is 9.22. The lowest BCUT2D eigenvalue weighted by atomic mass is 10.1. The van der Waals surface area contributed by atoms with E-state index < -0.39 is 5.97 Å². The molecule has 1 N–H and O–H groups in total. The lowest BCUT2D eigenvalue weighted by molar-refractivity contribution is 0.0690. The van der Waals surface area contributed by atoms with Crippen LogP contribution in [0.3, 0.4) is 0 Å². The molecule has 2 rings (SSSR count). The van der Waals surface area contributed by atoms with E-state index in [-0.39, 0.29) is 5.69 Å². The quantitative estimate of drug-likeness (QED) is 0.710. The standard InChI is InChI=1S/C12H7NO2/c1-2-8-7-9-5-3-4-6-10(9)13-11(8)12(14)15/h1,3-7H,(H,14,15). The van der Waals surface area contributed by atoms with Crippen LogP contribution in [-0.4, -0.2) is 16.1 Å². The van der Waals surface area contributed by atoms with Gasteiger partial charge >= 0.3 is 5.97 Å². The fraction of sp³-hybridized carbons (Fsp3) is 0. The molecule has 3 nitrogen and oxygen atoms in total. The fourth-order valence-corrected chi connectivity index (χ4v) is 1.39.